The Kier molecular flexibility index (Phi) is 7.30. The summed E-state index contributed by atoms with van der Waals surface area (Å²) in [6, 6.07) is 6.67. The largest absolute Gasteiger partial charge is 0.480 e. The van der Waals surface area contributed by atoms with Crippen LogP contribution in [0.4, 0.5) is 4.79 Å². The van der Waals surface area contributed by atoms with Crippen LogP contribution < -0.4 is 5.32 Å². The zero-order chi connectivity index (χ0) is 27.8. The quantitative estimate of drug-likeness (QED) is 0.592. The van der Waals surface area contributed by atoms with Crippen molar-refractivity contribution >= 4 is 40.6 Å². The van der Waals surface area contributed by atoms with Gasteiger partial charge in [-0.15, -0.1) is 0 Å². The maximum Gasteiger partial charge on any atom is 0.414 e. The van der Waals surface area contributed by atoms with Crippen molar-refractivity contribution in [3.8, 4) is 0 Å². The second kappa shape index (κ2) is 10.3. The van der Waals surface area contributed by atoms with Crippen LogP contribution in [0, 0.1) is 5.41 Å². The van der Waals surface area contributed by atoms with E-state index in [1.54, 1.807) is 27.0 Å². The molecule has 0 saturated carbocycles. The van der Waals surface area contributed by atoms with Gasteiger partial charge in [-0.05, 0) is 45.7 Å². The Morgan fingerprint density at radius 2 is 1.87 bits per heavy atom. The molecule has 3 amide bonds. The van der Waals surface area contributed by atoms with Crippen molar-refractivity contribution < 1.29 is 28.7 Å². The molecule has 2 saturated heterocycles. The first-order valence-corrected chi connectivity index (χ1v) is 12.5. The number of fused-ring (bicyclic) bond motifs is 2. The van der Waals surface area contributed by atoms with E-state index in [-0.39, 0.29) is 30.5 Å². The highest BCUT2D eigenvalue weighted by Gasteiger charge is 2.47. The van der Waals surface area contributed by atoms with Crippen molar-refractivity contribution in [2.75, 3.05) is 13.7 Å². The zero-order valence-electron chi connectivity index (χ0n) is 22.0. The van der Waals surface area contributed by atoms with Gasteiger partial charge in [-0.3, -0.25) is 29.3 Å². The lowest BCUT2D eigenvalue weighted by molar-refractivity contribution is -0.138. The van der Waals surface area contributed by atoms with Crippen LogP contribution in [0.15, 0.2) is 48.8 Å². The Morgan fingerprint density at radius 1 is 1.16 bits per heavy atom. The second-order valence-electron chi connectivity index (χ2n) is 10.5. The SMILES string of the molecule is C=C(C(=O)N[C@H]1CCOC(=N)C2CC[C@H](C(=O)n3ccc4ccccc43)N2C1=O)N(C)C(=O)OC(C)(C)C. The summed E-state index contributed by atoms with van der Waals surface area (Å²) in [6.07, 6.45) is 1.72. The number of carbonyl (C=O) groups excluding carboxylic acids is 4. The normalized spacial score (nSPS) is 21.7. The molecule has 3 atom stereocenters. The highest BCUT2D eigenvalue weighted by molar-refractivity contribution is 6.02. The topological polar surface area (TPSA) is 134 Å². The number of likely N-dealkylation sites (N-methyl/N-ethyl adjacent to an activating group) is 1. The van der Waals surface area contributed by atoms with Crippen molar-refractivity contribution in [1.82, 2.24) is 19.7 Å². The molecular formula is C27H33N5O6. The summed E-state index contributed by atoms with van der Waals surface area (Å²) in [7, 11) is 1.35. The molecule has 202 valence electrons. The van der Waals surface area contributed by atoms with Crippen molar-refractivity contribution in [3.63, 3.8) is 0 Å². The first kappa shape index (κ1) is 26.9. The first-order chi connectivity index (χ1) is 17.9. The molecular weight excluding hydrogens is 490 g/mol. The average Bonchev–Trinajstić information content (AvgIpc) is 3.49. The molecule has 3 heterocycles. The van der Waals surface area contributed by atoms with Crippen molar-refractivity contribution in [2.45, 2.75) is 63.8 Å². The van der Waals surface area contributed by atoms with E-state index in [1.165, 1.54) is 16.5 Å². The summed E-state index contributed by atoms with van der Waals surface area (Å²) in [4.78, 5) is 55.1. The van der Waals surface area contributed by atoms with Crippen LogP contribution in [0.3, 0.4) is 0 Å². The number of nitrogens with one attached hydrogen (secondary N) is 2. The van der Waals surface area contributed by atoms with Gasteiger partial charge < -0.3 is 19.7 Å². The molecule has 1 aromatic carbocycles. The molecule has 11 nitrogen and oxygen atoms in total. The van der Waals surface area contributed by atoms with E-state index in [0.29, 0.717) is 12.8 Å². The number of nitrogens with zero attached hydrogens (tertiary/aromatic N) is 3. The van der Waals surface area contributed by atoms with Crippen LogP contribution in [0.1, 0.15) is 44.8 Å². The Bertz CT molecular complexity index is 1310. The number of carbonyl (C=O) groups is 4. The van der Waals surface area contributed by atoms with Gasteiger partial charge in [0.2, 0.25) is 11.8 Å². The molecule has 2 aliphatic heterocycles. The minimum absolute atomic E-state index is 0.0368. The van der Waals surface area contributed by atoms with Crippen LogP contribution in [0.25, 0.3) is 10.9 Å². The molecule has 2 aliphatic rings. The van der Waals surface area contributed by atoms with Gasteiger partial charge in [0.15, 0.2) is 0 Å². The number of hydrogen-bond acceptors (Lipinski definition) is 7. The zero-order valence-corrected chi connectivity index (χ0v) is 22.0. The molecule has 0 radical (unpaired) electrons. The van der Waals surface area contributed by atoms with Crippen LogP contribution in [-0.4, -0.2) is 81.5 Å². The molecule has 4 rings (SSSR count). The third kappa shape index (κ3) is 5.27. The maximum atomic E-state index is 13.8. The smallest absolute Gasteiger partial charge is 0.414 e. The lowest BCUT2D eigenvalue weighted by Gasteiger charge is -2.35. The summed E-state index contributed by atoms with van der Waals surface area (Å²) in [5, 5.41) is 11.9. The monoisotopic (exact) mass is 523 g/mol. The van der Waals surface area contributed by atoms with E-state index in [2.05, 4.69) is 11.9 Å². The molecule has 1 aromatic heterocycles. The van der Waals surface area contributed by atoms with Gasteiger partial charge in [0.1, 0.15) is 29.4 Å². The summed E-state index contributed by atoms with van der Waals surface area (Å²) in [6.45, 7) is 8.83. The van der Waals surface area contributed by atoms with Crippen LogP contribution in [0.5, 0.6) is 0 Å². The van der Waals surface area contributed by atoms with Gasteiger partial charge in [-0.2, -0.15) is 0 Å². The van der Waals surface area contributed by atoms with E-state index in [9.17, 15) is 19.2 Å². The summed E-state index contributed by atoms with van der Waals surface area (Å²) in [5.41, 5.74) is -0.248. The molecule has 2 aromatic rings. The molecule has 0 aliphatic carbocycles. The summed E-state index contributed by atoms with van der Waals surface area (Å²) < 4.78 is 12.4. The maximum absolute atomic E-state index is 13.8. The predicted molar refractivity (Wildman–Crippen MR) is 140 cm³/mol. The number of ether oxygens (including phenoxy) is 2. The van der Waals surface area contributed by atoms with E-state index in [4.69, 9.17) is 14.9 Å². The summed E-state index contributed by atoms with van der Waals surface area (Å²) >= 11 is 0. The fourth-order valence-electron chi connectivity index (χ4n) is 4.71. The van der Waals surface area contributed by atoms with E-state index in [1.807, 2.05) is 30.3 Å². The molecule has 1 unspecified atom stereocenters. The van der Waals surface area contributed by atoms with Gasteiger partial charge in [0.25, 0.3) is 11.8 Å². The van der Waals surface area contributed by atoms with Gasteiger partial charge in [0.05, 0.1) is 12.1 Å². The van der Waals surface area contributed by atoms with Gasteiger partial charge >= 0.3 is 6.09 Å². The number of para-hydroxylation sites is 1. The van der Waals surface area contributed by atoms with Gasteiger partial charge in [-0.1, -0.05) is 24.8 Å². The van der Waals surface area contributed by atoms with E-state index >= 15 is 0 Å². The van der Waals surface area contributed by atoms with Crippen LogP contribution >= 0.6 is 0 Å². The molecule has 0 bridgehead atoms. The summed E-state index contributed by atoms with van der Waals surface area (Å²) in [5.74, 6) is -1.60. The second-order valence-corrected chi connectivity index (χ2v) is 10.5. The molecule has 11 heteroatoms. The highest BCUT2D eigenvalue weighted by atomic mass is 16.6. The lowest BCUT2D eigenvalue weighted by atomic mass is 10.1. The number of benzene rings is 1. The average molecular weight is 524 g/mol. The third-order valence-corrected chi connectivity index (χ3v) is 6.67. The van der Waals surface area contributed by atoms with E-state index < -0.39 is 41.6 Å². The number of rotatable bonds is 4. The van der Waals surface area contributed by atoms with Gasteiger partial charge in [0, 0.05) is 25.1 Å². The number of amides is 3. The minimum Gasteiger partial charge on any atom is -0.480 e. The minimum atomic E-state index is -1.04. The van der Waals surface area contributed by atoms with Crippen molar-refractivity contribution in [2.24, 2.45) is 0 Å². The molecule has 0 spiro atoms. The third-order valence-electron chi connectivity index (χ3n) is 6.67. The first-order valence-electron chi connectivity index (χ1n) is 12.5. The fraction of sp³-hybridized carbons (Fsp3) is 0.444. The van der Waals surface area contributed by atoms with Crippen LogP contribution in [0.2, 0.25) is 0 Å². The van der Waals surface area contributed by atoms with Crippen molar-refractivity contribution in [3.05, 3.63) is 48.8 Å². The Hall–Kier alpha value is -4.15. The van der Waals surface area contributed by atoms with Crippen LogP contribution in [-0.2, 0) is 19.1 Å². The Labute approximate surface area is 220 Å². The Morgan fingerprint density at radius 3 is 2.58 bits per heavy atom. The standard InChI is InChI=1S/C27H33N5O6/c1-16(30(5)26(36)38-27(2,3)4)23(33)29-18-13-15-37-22(28)20-10-11-21(32(20)24(18)34)25(35)31-14-12-17-8-6-7-9-19(17)31/h6-9,12,14,18,20-21,28H,1,10-11,13,15H2,2-5H3,(H,29,33)/t18-,20?,21+/m0/s1. The number of hydrogen-bond donors (Lipinski definition) is 2. The van der Waals surface area contributed by atoms with Crippen molar-refractivity contribution in [1.29, 1.82) is 5.41 Å². The van der Waals surface area contributed by atoms with E-state index in [0.717, 1.165) is 15.8 Å². The Balaban J connectivity index is 1.55. The highest BCUT2D eigenvalue weighted by Crippen LogP contribution is 2.30. The lowest BCUT2D eigenvalue weighted by Crippen LogP contribution is -2.58. The molecule has 38 heavy (non-hydrogen) atoms. The van der Waals surface area contributed by atoms with Gasteiger partial charge in [-0.25, -0.2) is 4.79 Å². The molecule has 2 fully saturated rings. The fourth-order valence-corrected chi connectivity index (χ4v) is 4.71. The molecule has 2 N–H and O–H groups in total. The predicted octanol–water partition coefficient (Wildman–Crippen LogP) is 2.90. The number of aromatic nitrogens is 1.